The molecule has 0 unspecified atom stereocenters. The second-order valence-corrected chi connectivity index (χ2v) is 9.54. The molecule has 2 saturated heterocycles. The topological polar surface area (TPSA) is 137 Å². The number of rotatable bonds is 6. The van der Waals surface area contributed by atoms with Gasteiger partial charge in [-0.25, -0.2) is 13.4 Å². The smallest absolute Gasteiger partial charge is 0.248 e. The number of anilines is 3. The van der Waals surface area contributed by atoms with E-state index in [4.69, 9.17) is 0 Å². The number of nitriles is 1. The first kappa shape index (κ1) is 20.2. The molecule has 0 bridgehead atoms. The Morgan fingerprint density at radius 2 is 2.17 bits per heavy atom. The van der Waals surface area contributed by atoms with Gasteiger partial charge < -0.3 is 5.32 Å². The van der Waals surface area contributed by atoms with Crippen molar-refractivity contribution in [2.45, 2.75) is 25.8 Å². The van der Waals surface area contributed by atoms with Gasteiger partial charge in [0.25, 0.3) is 0 Å². The van der Waals surface area contributed by atoms with Crippen LogP contribution < -0.4 is 10.2 Å². The van der Waals surface area contributed by atoms with Gasteiger partial charge in [-0.05, 0) is 18.9 Å². The van der Waals surface area contributed by atoms with Gasteiger partial charge in [0.1, 0.15) is 11.2 Å². The molecule has 0 spiro atoms. The first-order chi connectivity index (χ1) is 14.3. The molecule has 11 nitrogen and oxygen atoms in total. The first-order valence-corrected chi connectivity index (χ1v) is 11.4. The van der Waals surface area contributed by atoms with E-state index in [0.717, 1.165) is 0 Å². The van der Waals surface area contributed by atoms with Gasteiger partial charge in [-0.15, -0.1) is 0 Å². The lowest BCUT2D eigenvalue weighted by atomic mass is 9.85. The molecular weight excluding hydrogens is 408 g/mol. The molecule has 4 heterocycles. The minimum atomic E-state index is -3.17. The fourth-order valence-electron chi connectivity index (χ4n) is 3.64. The molecule has 2 fully saturated rings. The van der Waals surface area contributed by atoms with Crippen molar-refractivity contribution in [1.29, 1.82) is 5.26 Å². The monoisotopic (exact) mass is 430 g/mol. The van der Waals surface area contributed by atoms with Gasteiger partial charge in [-0.3, -0.25) is 14.4 Å². The van der Waals surface area contributed by atoms with E-state index in [0.29, 0.717) is 49.9 Å². The minimum absolute atomic E-state index is 0.0158. The van der Waals surface area contributed by atoms with Gasteiger partial charge in [0.05, 0.1) is 30.3 Å². The van der Waals surface area contributed by atoms with Crippen LogP contribution in [0.5, 0.6) is 0 Å². The Bertz CT molecular complexity index is 1120. The van der Waals surface area contributed by atoms with Crippen LogP contribution in [0.15, 0.2) is 24.7 Å². The maximum Gasteiger partial charge on any atom is 0.248 e. The molecule has 2 aliphatic rings. The molecule has 2 aliphatic heterocycles. The van der Waals surface area contributed by atoms with Crippen molar-refractivity contribution in [2.75, 3.05) is 36.1 Å². The van der Waals surface area contributed by atoms with E-state index >= 15 is 0 Å². The molecule has 2 aromatic heterocycles. The third-order valence-electron chi connectivity index (χ3n) is 5.68. The van der Waals surface area contributed by atoms with Crippen LogP contribution >= 0.6 is 0 Å². The zero-order chi connectivity index (χ0) is 21.5. The Morgan fingerprint density at radius 3 is 2.80 bits per heavy atom. The van der Waals surface area contributed by atoms with Crippen molar-refractivity contribution in [3.05, 3.63) is 24.7 Å². The van der Waals surface area contributed by atoms with Crippen LogP contribution in [0, 0.1) is 16.7 Å². The largest absolute Gasteiger partial charge is 0.321 e. The Morgan fingerprint density at radius 1 is 1.40 bits per heavy atom. The molecule has 1 atom stereocenters. The van der Waals surface area contributed by atoms with Crippen LogP contribution in [0.1, 0.15) is 25.8 Å². The average molecular weight is 430 g/mol. The number of nitrogens with zero attached hydrogens (tertiary/aromatic N) is 7. The number of nitrogens with one attached hydrogen (secondary N) is 1. The summed E-state index contributed by atoms with van der Waals surface area (Å²) in [6, 6.07) is 3.79. The second kappa shape index (κ2) is 7.33. The van der Waals surface area contributed by atoms with Crippen LogP contribution in [0.4, 0.5) is 17.5 Å². The third-order valence-corrected chi connectivity index (χ3v) is 6.92. The van der Waals surface area contributed by atoms with E-state index in [1.54, 1.807) is 29.3 Å². The lowest BCUT2D eigenvalue weighted by molar-refractivity contribution is -0.123. The zero-order valence-corrected chi connectivity index (χ0v) is 17.5. The van der Waals surface area contributed by atoms with Gasteiger partial charge >= 0.3 is 0 Å². The van der Waals surface area contributed by atoms with Crippen molar-refractivity contribution < 1.29 is 13.2 Å². The van der Waals surface area contributed by atoms with Gasteiger partial charge in [-0.2, -0.15) is 19.6 Å². The van der Waals surface area contributed by atoms with E-state index in [9.17, 15) is 18.5 Å². The molecular formula is C18H22N8O3S. The van der Waals surface area contributed by atoms with Crippen molar-refractivity contribution >= 4 is 33.4 Å². The van der Waals surface area contributed by atoms with Gasteiger partial charge in [-0.1, -0.05) is 6.92 Å². The van der Waals surface area contributed by atoms with Crippen molar-refractivity contribution in [1.82, 2.24) is 24.1 Å². The maximum absolute atomic E-state index is 12.7. The summed E-state index contributed by atoms with van der Waals surface area (Å²) in [6.07, 6.45) is 7.06. The van der Waals surface area contributed by atoms with E-state index in [-0.39, 0.29) is 11.9 Å². The highest BCUT2D eigenvalue weighted by molar-refractivity contribution is 7.88. The van der Waals surface area contributed by atoms with E-state index in [1.807, 2.05) is 6.92 Å². The summed E-state index contributed by atoms with van der Waals surface area (Å²) in [5.41, 5.74) is -0.333. The summed E-state index contributed by atoms with van der Waals surface area (Å²) in [4.78, 5) is 22.9. The Labute approximate surface area is 174 Å². The highest BCUT2D eigenvalue weighted by atomic mass is 32.2. The van der Waals surface area contributed by atoms with E-state index < -0.39 is 15.4 Å². The molecule has 0 radical (unpaired) electrons. The molecule has 0 saturated carbocycles. The quantitative estimate of drug-likeness (QED) is 0.713. The van der Waals surface area contributed by atoms with Gasteiger partial charge in [0.2, 0.25) is 21.9 Å². The molecule has 12 heteroatoms. The summed E-state index contributed by atoms with van der Waals surface area (Å²) in [6.45, 7) is 3.06. The molecule has 1 N–H and O–H groups in total. The lowest BCUT2D eigenvalue weighted by Gasteiger charge is -2.36. The fourth-order valence-corrected chi connectivity index (χ4v) is 4.53. The minimum Gasteiger partial charge on any atom is -0.321 e. The number of aromatic nitrogens is 4. The van der Waals surface area contributed by atoms with Crippen LogP contribution in [-0.4, -0.2) is 64.3 Å². The van der Waals surface area contributed by atoms with Crippen LogP contribution in [0.2, 0.25) is 0 Å². The number of carbonyl (C=O) groups excluding carboxylic acids is 1. The highest BCUT2D eigenvalue weighted by Crippen LogP contribution is 2.36. The number of sulfonamides is 1. The van der Waals surface area contributed by atoms with Gasteiger partial charge in [0.15, 0.2) is 0 Å². The van der Waals surface area contributed by atoms with Crippen molar-refractivity contribution in [2.24, 2.45) is 5.41 Å². The Balaban J connectivity index is 1.45. The van der Waals surface area contributed by atoms with Crippen molar-refractivity contribution in [3.8, 4) is 6.07 Å². The van der Waals surface area contributed by atoms with Crippen LogP contribution in [0.3, 0.4) is 0 Å². The number of hydrogen-bond acceptors (Lipinski definition) is 8. The molecule has 0 aromatic carbocycles. The standard InChI is InChI=1S/C18H22N8O3S/c1-3-18(12-19)5-7-25(16(18)27)15-4-6-20-17(23-15)22-13-8-21-26(9-13)14-10-24(11-14)30(2,28)29/h4,6,8-9,14H,3,5,7,10-11H2,1-2H3,(H,20,22,23)/t18-/m1/s1. The van der Waals surface area contributed by atoms with Crippen LogP contribution in [0.25, 0.3) is 0 Å². The number of carbonyl (C=O) groups is 1. The van der Waals surface area contributed by atoms with Gasteiger partial charge in [0, 0.05) is 32.0 Å². The summed E-state index contributed by atoms with van der Waals surface area (Å²) in [5.74, 6) is 0.515. The number of hydrogen-bond donors (Lipinski definition) is 1. The predicted molar refractivity (Wildman–Crippen MR) is 108 cm³/mol. The predicted octanol–water partition coefficient (Wildman–Crippen LogP) is 0.890. The first-order valence-electron chi connectivity index (χ1n) is 9.58. The zero-order valence-electron chi connectivity index (χ0n) is 16.7. The summed E-state index contributed by atoms with van der Waals surface area (Å²) < 4.78 is 26.1. The second-order valence-electron chi connectivity index (χ2n) is 7.56. The van der Waals surface area contributed by atoms with E-state index in [2.05, 4.69) is 26.5 Å². The molecule has 158 valence electrons. The Kier molecular flexibility index (Phi) is 4.95. The molecule has 2 aromatic rings. The summed E-state index contributed by atoms with van der Waals surface area (Å²) in [5, 5.41) is 16.8. The summed E-state index contributed by atoms with van der Waals surface area (Å²) >= 11 is 0. The number of amides is 1. The Hall–Kier alpha value is -3.04. The molecule has 30 heavy (non-hydrogen) atoms. The third kappa shape index (κ3) is 3.50. The molecule has 0 aliphatic carbocycles. The molecule has 4 rings (SSSR count). The average Bonchev–Trinajstić information content (AvgIpc) is 3.24. The fraction of sp³-hybridized carbons (Fsp3) is 0.500. The summed E-state index contributed by atoms with van der Waals surface area (Å²) in [7, 11) is -3.17. The lowest BCUT2D eigenvalue weighted by Crippen LogP contribution is -2.50. The van der Waals surface area contributed by atoms with Crippen LogP contribution in [-0.2, 0) is 14.8 Å². The molecule has 1 amide bonds. The highest BCUT2D eigenvalue weighted by Gasteiger charge is 2.46. The SMILES string of the molecule is CC[C@]1(C#N)CCN(c2ccnc(Nc3cnn(C4CN(S(C)(=O)=O)C4)c3)n2)C1=O. The maximum atomic E-state index is 12.7. The normalized spacial score (nSPS) is 22.7. The van der Waals surface area contributed by atoms with E-state index in [1.165, 1.54) is 15.5 Å². The van der Waals surface area contributed by atoms with Crippen molar-refractivity contribution in [3.63, 3.8) is 0 Å².